The maximum absolute atomic E-state index is 12.4. The zero-order valence-corrected chi connectivity index (χ0v) is 15.0. The van der Waals surface area contributed by atoms with Gasteiger partial charge in [-0.15, -0.1) is 0 Å². The molecule has 0 aliphatic heterocycles. The van der Waals surface area contributed by atoms with Crippen molar-refractivity contribution < 1.29 is 4.79 Å². The van der Waals surface area contributed by atoms with Gasteiger partial charge in [0.15, 0.2) is 0 Å². The quantitative estimate of drug-likeness (QED) is 0.744. The van der Waals surface area contributed by atoms with E-state index in [0.29, 0.717) is 18.9 Å². The molecule has 3 aromatic rings. The predicted octanol–water partition coefficient (Wildman–Crippen LogP) is 4.38. The largest absolute Gasteiger partial charge is 0.353 e. The SMILES string of the molecule is O=C(CCc1c(-c2ccccc2)nc2ccccn12)NC1CCCCC1. The van der Waals surface area contributed by atoms with E-state index in [1.165, 1.54) is 19.3 Å². The standard InChI is InChI=1S/C22H25N3O/c26-21(23-18-11-5-2-6-12-18)15-14-19-22(17-9-3-1-4-10-17)24-20-13-7-8-16-25(19)20/h1,3-4,7-10,13,16,18H,2,5-6,11-12,14-15H2,(H,23,26). The molecule has 0 unspecified atom stereocenters. The molecule has 1 aromatic carbocycles. The second kappa shape index (κ2) is 7.73. The number of imidazole rings is 1. The number of fused-ring (bicyclic) bond motifs is 1. The van der Waals surface area contributed by atoms with Gasteiger partial charge >= 0.3 is 0 Å². The molecule has 134 valence electrons. The summed E-state index contributed by atoms with van der Waals surface area (Å²) in [6.45, 7) is 0. The molecule has 1 N–H and O–H groups in total. The topological polar surface area (TPSA) is 46.4 Å². The van der Waals surface area contributed by atoms with Gasteiger partial charge in [0.1, 0.15) is 5.65 Å². The van der Waals surface area contributed by atoms with Crippen LogP contribution in [-0.4, -0.2) is 21.3 Å². The molecule has 1 aliphatic carbocycles. The number of rotatable bonds is 5. The van der Waals surface area contributed by atoms with E-state index in [9.17, 15) is 4.79 Å². The van der Waals surface area contributed by atoms with Gasteiger partial charge in [-0.25, -0.2) is 4.98 Å². The third kappa shape index (κ3) is 3.64. The molecule has 2 heterocycles. The van der Waals surface area contributed by atoms with Crippen LogP contribution in [0.2, 0.25) is 0 Å². The van der Waals surface area contributed by atoms with Gasteiger partial charge in [0, 0.05) is 24.2 Å². The van der Waals surface area contributed by atoms with E-state index in [-0.39, 0.29) is 5.91 Å². The first-order valence-electron chi connectivity index (χ1n) is 9.62. The number of benzene rings is 1. The fraction of sp³-hybridized carbons (Fsp3) is 0.364. The summed E-state index contributed by atoms with van der Waals surface area (Å²) in [6.07, 6.45) is 9.23. The predicted molar refractivity (Wildman–Crippen MR) is 104 cm³/mol. The average Bonchev–Trinajstić information content (AvgIpc) is 3.06. The van der Waals surface area contributed by atoms with Gasteiger partial charge in [-0.05, 0) is 31.4 Å². The third-order valence-corrected chi connectivity index (χ3v) is 5.24. The van der Waals surface area contributed by atoms with Crippen molar-refractivity contribution in [2.45, 2.75) is 51.0 Å². The number of nitrogens with zero attached hydrogens (tertiary/aromatic N) is 2. The van der Waals surface area contributed by atoms with Crippen molar-refractivity contribution in [2.24, 2.45) is 0 Å². The summed E-state index contributed by atoms with van der Waals surface area (Å²) in [4.78, 5) is 17.3. The summed E-state index contributed by atoms with van der Waals surface area (Å²) >= 11 is 0. The van der Waals surface area contributed by atoms with Gasteiger partial charge in [0.25, 0.3) is 0 Å². The monoisotopic (exact) mass is 347 g/mol. The minimum atomic E-state index is 0.154. The maximum atomic E-state index is 12.4. The Morgan fingerprint density at radius 1 is 1.04 bits per heavy atom. The highest BCUT2D eigenvalue weighted by Crippen LogP contribution is 2.25. The van der Waals surface area contributed by atoms with Gasteiger partial charge in [0.05, 0.1) is 11.4 Å². The lowest BCUT2D eigenvalue weighted by atomic mass is 9.95. The molecule has 1 amide bonds. The fourth-order valence-corrected chi connectivity index (χ4v) is 3.89. The Labute approximate surface area is 154 Å². The highest BCUT2D eigenvalue weighted by atomic mass is 16.1. The summed E-state index contributed by atoms with van der Waals surface area (Å²) < 4.78 is 2.11. The highest BCUT2D eigenvalue weighted by Gasteiger charge is 2.18. The van der Waals surface area contributed by atoms with E-state index < -0.39 is 0 Å². The minimum absolute atomic E-state index is 0.154. The van der Waals surface area contributed by atoms with Crippen molar-refractivity contribution in [3.63, 3.8) is 0 Å². The molecule has 0 saturated heterocycles. The van der Waals surface area contributed by atoms with E-state index in [0.717, 1.165) is 35.4 Å². The maximum Gasteiger partial charge on any atom is 0.220 e. The fourth-order valence-electron chi connectivity index (χ4n) is 3.89. The van der Waals surface area contributed by atoms with Crippen LogP contribution in [0.4, 0.5) is 0 Å². The Morgan fingerprint density at radius 3 is 2.62 bits per heavy atom. The number of aryl methyl sites for hydroxylation is 1. The Morgan fingerprint density at radius 2 is 1.81 bits per heavy atom. The van der Waals surface area contributed by atoms with Crippen LogP contribution in [0.3, 0.4) is 0 Å². The summed E-state index contributed by atoms with van der Waals surface area (Å²) in [7, 11) is 0. The molecule has 2 aromatic heterocycles. The molecule has 0 bridgehead atoms. The summed E-state index contributed by atoms with van der Waals surface area (Å²) in [5, 5.41) is 3.22. The van der Waals surface area contributed by atoms with Gasteiger partial charge in [-0.2, -0.15) is 0 Å². The second-order valence-corrected chi connectivity index (χ2v) is 7.10. The molecular formula is C22H25N3O. The third-order valence-electron chi connectivity index (χ3n) is 5.24. The number of hydrogen-bond acceptors (Lipinski definition) is 2. The van der Waals surface area contributed by atoms with Crippen LogP contribution in [0.25, 0.3) is 16.9 Å². The van der Waals surface area contributed by atoms with Crippen LogP contribution in [0.5, 0.6) is 0 Å². The number of hydrogen-bond donors (Lipinski definition) is 1. The van der Waals surface area contributed by atoms with E-state index in [1.54, 1.807) is 0 Å². The number of carbonyl (C=O) groups excluding carboxylic acids is 1. The average molecular weight is 347 g/mol. The van der Waals surface area contributed by atoms with E-state index in [4.69, 9.17) is 4.98 Å². The van der Waals surface area contributed by atoms with E-state index in [1.807, 2.05) is 42.6 Å². The Bertz CT molecular complexity index is 879. The van der Waals surface area contributed by atoms with Gasteiger partial charge in [0.2, 0.25) is 5.91 Å². The molecule has 4 nitrogen and oxygen atoms in total. The van der Waals surface area contributed by atoms with Crippen LogP contribution in [0, 0.1) is 0 Å². The molecular weight excluding hydrogens is 322 g/mol. The molecule has 1 fully saturated rings. The first-order valence-corrected chi connectivity index (χ1v) is 9.62. The van der Waals surface area contributed by atoms with E-state index in [2.05, 4.69) is 21.9 Å². The van der Waals surface area contributed by atoms with Gasteiger partial charge < -0.3 is 9.72 Å². The number of carbonyl (C=O) groups is 1. The van der Waals surface area contributed by atoms with E-state index >= 15 is 0 Å². The number of amides is 1. The van der Waals surface area contributed by atoms with Crippen LogP contribution in [0.1, 0.15) is 44.2 Å². The molecule has 4 heteroatoms. The number of pyridine rings is 1. The minimum Gasteiger partial charge on any atom is -0.353 e. The zero-order chi connectivity index (χ0) is 17.8. The zero-order valence-electron chi connectivity index (χ0n) is 15.0. The summed E-state index contributed by atoms with van der Waals surface area (Å²) in [5.74, 6) is 0.154. The normalized spacial score (nSPS) is 15.2. The van der Waals surface area contributed by atoms with Crippen molar-refractivity contribution >= 4 is 11.6 Å². The Balaban J connectivity index is 1.54. The van der Waals surface area contributed by atoms with Gasteiger partial charge in [-0.1, -0.05) is 55.7 Å². The molecule has 1 aliphatic rings. The lowest BCUT2D eigenvalue weighted by molar-refractivity contribution is -0.122. The number of nitrogens with one attached hydrogen (secondary N) is 1. The van der Waals surface area contributed by atoms with Crippen LogP contribution >= 0.6 is 0 Å². The summed E-state index contributed by atoms with van der Waals surface area (Å²) in [6, 6.07) is 16.6. The molecule has 1 saturated carbocycles. The first-order chi connectivity index (χ1) is 12.8. The molecule has 0 radical (unpaired) electrons. The Kier molecular flexibility index (Phi) is 5.00. The lowest BCUT2D eigenvalue weighted by Crippen LogP contribution is -2.36. The smallest absolute Gasteiger partial charge is 0.220 e. The molecule has 0 spiro atoms. The second-order valence-electron chi connectivity index (χ2n) is 7.10. The van der Waals surface area contributed by atoms with Crippen molar-refractivity contribution in [3.8, 4) is 11.3 Å². The Hall–Kier alpha value is -2.62. The van der Waals surface area contributed by atoms with Crippen molar-refractivity contribution in [2.75, 3.05) is 0 Å². The first kappa shape index (κ1) is 16.8. The van der Waals surface area contributed by atoms with Crippen molar-refractivity contribution in [1.82, 2.24) is 14.7 Å². The van der Waals surface area contributed by atoms with Crippen molar-refractivity contribution in [1.29, 1.82) is 0 Å². The molecule has 4 rings (SSSR count). The molecule has 26 heavy (non-hydrogen) atoms. The van der Waals surface area contributed by atoms with Crippen LogP contribution in [0.15, 0.2) is 54.7 Å². The van der Waals surface area contributed by atoms with Crippen LogP contribution < -0.4 is 5.32 Å². The number of aromatic nitrogens is 2. The van der Waals surface area contributed by atoms with Gasteiger partial charge in [-0.3, -0.25) is 4.79 Å². The highest BCUT2D eigenvalue weighted by molar-refractivity contribution is 5.77. The van der Waals surface area contributed by atoms with Crippen molar-refractivity contribution in [3.05, 3.63) is 60.4 Å². The van der Waals surface area contributed by atoms with Crippen LogP contribution in [-0.2, 0) is 11.2 Å². The molecule has 0 atom stereocenters. The lowest BCUT2D eigenvalue weighted by Gasteiger charge is -2.22. The summed E-state index contributed by atoms with van der Waals surface area (Å²) in [5.41, 5.74) is 4.10.